The van der Waals surface area contributed by atoms with Gasteiger partial charge in [-0.15, -0.1) is 0 Å². The number of amides is 1. The number of hydrogen-bond acceptors (Lipinski definition) is 4. The highest BCUT2D eigenvalue weighted by molar-refractivity contribution is 7.90. The highest BCUT2D eigenvalue weighted by Gasteiger charge is 2.27. The van der Waals surface area contributed by atoms with Crippen LogP contribution in [0.15, 0.2) is 24.3 Å². The van der Waals surface area contributed by atoms with E-state index in [4.69, 9.17) is 0 Å². The fourth-order valence-corrected chi connectivity index (χ4v) is 3.81. The molecule has 1 fully saturated rings. The minimum atomic E-state index is -3.32. The van der Waals surface area contributed by atoms with Crippen LogP contribution in [0.3, 0.4) is 0 Å². The molecule has 152 valence electrons. The second-order valence-electron chi connectivity index (χ2n) is 8.11. The van der Waals surface area contributed by atoms with E-state index in [1.54, 1.807) is 20.8 Å². The Kier molecular flexibility index (Phi) is 7.68. The smallest absolute Gasteiger partial charge is 0.224 e. The molecule has 0 spiro atoms. The van der Waals surface area contributed by atoms with Crippen LogP contribution in [0.1, 0.15) is 59.3 Å². The highest BCUT2D eigenvalue weighted by Crippen LogP contribution is 2.22. The Balaban J connectivity index is 1.68. The van der Waals surface area contributed by atoms with Crippen LogP contribution in [0.2, 0.25) is 0 Å². The average molecular weight is 396 g/mol. The maximum absolute atomic E-state index is 12.1. The van der Waals surface area contributed by atoms with Crippen LogP contribution < -0.4 is 14.9 Å². The van der Waals surface area contributed by atoms with Crippen molar-refractivity contribution in [1.29, 1.82) is 0 Å². The molecule has 0 radical (unpaired) electrons. The van der Waals surface area contributed by atoms with Crippen LogP contribution in [-0.2, 0) is 14.8 Å². The highest BCUT2D eigenvalue weighted by atomic mass is 32.2. The molecule has 1 aromatic carbocycles. The first-order valence-electron chi connectivity index (χ1n) is 9.83. The Labute approximate surface area is 163 Å². The van der Waals surface area contributed by atoms with Gasteiger partial charge in [0.25, 0.3) is 0 Å². The third kappa shape index (κ3) is 6.81. The monoisotopic (exact) mass is 395 g/mol. The van der Waals surface area contributed by atoms with Crippen LogP contribution in [0, 0.1) is 0 Å². The molecule has 2 N–H and O–H groups in total. The quantitative estimate of drug-likeness (QED) is 0.660. The Morgan fingerprint density at radius 3 is 2.26 bits per heavy atom. The molecule has 1 aliphatic heterocycles. The van der Waals surface area contributed by atoms with Crippen molar-refractivity contribution in [2.75, 3.05) is 29.9 Å². The number of piperidine rings is 1. The van der Waals surface area contributed by atoms with E-state index in [1.165, 1.54) is 24.9 Å². The Morgan fingerprint density at radius 1 is 1.04 bits per heavy atom. The zero-order valence-corrected chi connectivity index (χ0v) is 17.6. The van der Waals surface area contributed by atoms with Gasteiger partial charge in [0.2, 0.25) is 15.9 Å². The van der Waals surface area contributed by atoms with Crippen molar-refractivity contribution in [3.63, 3.8) is 0 Å². The van der Waals surface area contributed by atoms with Gasteiger partial charge in [0.1, 0.15) is 0 Å². The molecule has 0 aliphatic carbocycles. The molecular formula is C20H33N3O3S. The summed E-state index contributed by atoms with van der Waals surface area (Å²) in [7, 11) is -3.32. The zero-order valence-electron chi connectivity index (χ0n) is 16.8. The van der Waals surface area contributed by atoms with Gasteiger partial charge in [-0.25, -0.2) is 13.1 Å². The largest absolute Gasteiger partial charge is 0.372 e. The van der Waals surface area contributed by atoms with Crippen molar-refractivity contribution in [3.05, 3.63) is 24.3 Å². The van der Waals surface area contributed by atoms with Crippen LogP contribution >= 0.6 is 0 Å². The molecule has 2 rings (SSSR count). The summed E-state index contributed by atoms with van der Waals surface area (Å²) in [5, 5.41) is 2.91. The van der Waals surface area contributed by atoms with Gasteiger partial charge in [0.15, 0.2) is 0 Å². The molecule has 0 saturated carbocycles. The first-order chi connectivity index (χ1) is 12.7. The molecule has 1 aliphatic rings. The second kappa shape index (κ2) is 9.55. The summed E-state index contributed by atoms with van der Waals surface area (Å²) in [6, 6.07) is 8.00. The molecule has 0 aromatic heterocycles. The Hall–Kier alpha value is -1.60. The second-order valence-corrected chi connectivity index (χ2v) is 10.6. The number of unbranched alkanes of at least 4 members (excludes halogenated alkanes) is 1. The van der Waals surface area contributed by atoms with Gasteiger partial charge in [-0.1, -0.05) is 0 Å². The minimum Gasteiger partial charge on any atom is -0.372 e. The van der Waals surface area contributed by atoms with Gasteiger partial charge in [-0.05, 0) is 77.1 Å². The van der Waals surface area contributed by atoms with Crippen LogP contribution in [0.4, 0.5) is 11.4 Å². The molecule has 0 atom stereocenters. The van der Waals surface area contributed by atoms with Gasteiger partial charge in [0.05, 0.1) is 4.75 Å². The molecule has 1 heterocycles. The van der Waals surface area contributed by atoms with Gasteiger partial charge in [-0.2, -0.15) is 0 Å². The summed E-state index contributed by atoms with van der Waals surface area (Å²) < 4.78 is 25.7. The average Bonchev–Trinajstić information content (AvgIpc) is 2.62. The third-order valence-corrected chi connectivity index (χ3v) is 7.00. The van der Waals surface area contributed by atoms with E-state index in [-0.39, 0.29) is 5.91 Å². The molecule has 0 unspecified atom stereocenters. The summed E-state index contributed by atoms with van der Waals surface area (Å²) >= 11 is 0. The Morgan fingerprint density at radius 2 is 1.67 bits per heavy atom. The van der Waals surface area contributed by atoms with E-state index in [0.717, 1.165) is 18.8 Å². The molecule has 1 saturated heterocycles. The fraction of sp³-hybridized carbons (Fsp3) is 0.650. The summed E-state index contributed by atoms with van der Waals surface area (Å²) in [5.41, 5.74) is 2.01. The van der Waals surface area contributed by atoms with Gasteiger partial charge >= 0.3 is 0 Å². The normalized spacial score (nSPS) is 15.6. The predicted octanol–water partition coefficient (Wildman–Crippen LogP) is 3.50. The van der Waals surface area contributed by atoms with Crippen LogP contribution in [-0.4, -0.2) is 38.7 Å². The number of nitrogens with zero attached hydrogens (tertiary/aromatic N) is 1. The SMILES string of the molecule is CC(C)(C)S(=O)(=O)NCCCCC(=O)Nc1ccc(N2CCCCC2)cc1. The van der Waals surface area contributed by atoms with Crippen molar-refractivity contribution in [1.82, 2.24) is 4.72 Å². The third-order valence-electron chi connectivity index (χ3n) is 4.80. The van der Waals surface area contributed by atoms with E-state index in [1.807, 2.05) is 12.1 Å². The van der Waals surface area contributed by atoms with Crippen molar-refractivity contribution in [2.24, 2.45) is 0 Å². The lowest BCUT2D eigenvalue weighted by molar-refractivity contribution is -0.116. The van der Waals surface area contributed by atoms with E-state index in [2.05, 4.69) is 27.1 Å². The summed E-state index contributed by atoms with van der Waals surface area (Å²) in [6.45, 7) is 7.56. The first kappa shape index (κ1) is 21.7. The molecule has 7 heteroatoms. The first-order valence-corrected chi connectivity index (χ1v) is 11.3. The van der Waals surface area contributed by atoms with Gasteiger partial charge < -0.3 is 10.2 Å². The van der Waals surface area contributed by atoms with E-state index in [0.29, 0.717) is 25.8 Å². The van der Waals surface area contributed by atoms with Crippen molar-refractivity contribution < 1.29 is 13.2 Å². The predicted molar refractivity (Wildman–Crippen MR) is 112 cm³/mol. The number of sulfonamides is 1. The summed E-state index contributed by atoms with van der Waals surface area (Å²) in [6.07, 6.45) is 5.45. The maximum atomic E-state index is 12.1. The number of carbonyl (C=O) groups is 1. The zero-order chi connectivity index (χ0) is 19.9. The lowest BCUT2D eigenvalue weighted by atomic mass is 10.1. The molecule has 1 aromatic rings. The molecule has 6 nitrogen and oxygen atoms in total. The topological polar surface area (TPSA) is 78.5 Å². The standard InChI is InChI=1S/C20H33N3O3S/c1-20(2,3)27(25,26)21-14-6-5-9-19(24)22-17-10-12-18(13-11-17)23-15-7-4-8-16-23/h10-13,21H,4-9,14-16H2,1-3H3,(H,22,24). The molecular weight excluding hydrogens is 362 g/mol. The van der Waals surface area contributed by atoms with Crippen molar-refractivity contribution in [3.8, 4) is 0 Å². The lowest BCUT2D eigenvalue weighted by Crippen LogP contribution is -2.39. The van der Waals surface area contributed by atoms with Crippen molar-refractivity contribution >= 4 is 27.3 Å². The van der Waals surface area contributed by atoms with E-state index in [9.17, 15) is 13.2 Å². The van der Waals surface area contributed by atoms with Gasteiger partial charge in [0, 0.05) is 37.4 Å². The number of benzene rings is 1. The number of nitrogens with one attached hydrogen (secondary N) is 2. The number of rotatable bonds is 8. The maximum Gasteiger partial charge on any atom is 0.224 e. The molecule has 1 amide bonds. The van der Waals surface area contributed by atoms with Crippen LogP contribution in [0.25, 0.3) is 0 Å². The molecule has 0 bridgehead atoms. The number of anilines is 2. The number of carbonyl (C=O) groups excluding carboxylic acids is 1. The van der Waals surface area contributed by atoms with Crippen molar-refractivity contribution in [2.45, 2.75) is 64.0 Å². The summed E-state index contributed by atoms with van der Waals surface area (Å²) in [5.74, 6) is -0.0422. The number of hydrogen-bond donors (Lipinski definition) is 2. The van der Waals surface area contributed by atoms with E-state index >= 15 is 0 Å². The van der Waals surface area contributed by atoms with Gasteiger partial charge in [-0.3, -0.25) is 4.79 Å². The lowest BCUT2D eigenvalue weighted by Gasteiger charge is -2.28. The fourth-order valence-electron chi connectivity index (χ4n) is 2.96. The van der Waals surface area contributed by atoms with E-state index < -0.39 is 14.8 Å². The summed E-state index contributed by atoms with van der Waals surface area (Å²) in [4.78, 5) is 14.4. The molecule has 27 heavy (non-hydrogen) atoms. The Bertz CT molecular complexity index is 703. The minimum absolute atomic E-state index is 0.0422. The van der Waals surface area contributed by atoms with Crippen LogP contribution in [0.5, 0.6) is 0 Å².